The van der Waals surface area contributed by atoms with E-state index in [1.165, 1.54) is 12.8 Å². The lowest BCUT2D eigenvalue weighted by Gasteiger charge is -2.27. The standard InChI is InChI=1S/C17H21N3O/c1-19(13-15-6-3-5-9-21-15)11-14-12-20-8-4-2-7-17(20)16(14)10-18/h2,4,7-8,12,15H,3,5-6,9,11,13H2,1H3/t15-/m0/s1. The summed E-state index contributed by atoms with van der Waals surface area (Å²) in [6.45, 7) is 2.60. The summed E-state index contributed by atoms with van der Waals surface area (Å²) in [7, 11) is 2.10. The zero-order valence-electron chi connectivity index (χ0n) is 12.5. The van der Waals surface area contributed by atoms with Gasteiger partial charge in [-0.3, -0.25) is 4.90 Å². The third kappa shape index (κ3) is 3.10. The molecule has 0 saturated carbocycles. The van der Waals surface area contributed by atoms with Crippen molar-refractivity contribution in [2.24, 2.45) is 0 Å². The first kappa shape index (κ1) is 14.1. The van der Waals surface area contributed by atoms with Crippen LogP contribution in [0.25, 0.3) is 5.52 Å². The van der Waals surface area contributed by atoms with E-state index in [-0.39, 0.29) is 0 Å². The van der Waals surface area contributed by atoms with Crippen molar-refractivity contribution in [2.45, 2.75) is 31.9 Å². The summed E-state index contributed by atoms with van der Waals surface area (Å²) in [5, 5.41) is 9.43. The van der Waals surface area contributed by atoms with E-state index in [0.717, 1.165) is 42.8 Å². The van der Waals surface area contributed by atoms with Crippen LogP contribution in [0.1, 0.15) is 30.4 Å². The Balaban J connectivity index is 1.73. The molecule has 0 spiro atoms. The molecule has 3 heterocycles. The largest absolute Gasteiger partial charge is 0.377 e. The lowest BCUT2D eigenvalue weighted by molar-refractivity contribution is -0.00259. The van der Waals surface area contributed by atoms with Crippen LogP contribution in [0.5, 0.6) is 0 Å². The molecule has 0 aliphatic carbocycles. The van der Waals surface area contributed by atoms with E-state index in [1.54, 1.807) is 0 Å². The maximum Gasteiger partial charge on any atom is 0.102 e. The highest BCUT2D eigenvalue weighted by Gasteiger charge is 2.17. The Hall–Kier alpha value is -1.83. The summed E-state index contributed by atoms with van der Waals surface area (Å²) < 4.78 is 7.82. The van der Waals surface area contributed by atoms with E-state index in [4.69, 9.17) is 4.74 Å². The number of likely N-dealkylation sites (N-methyl/N-ethyl adjacent to an activating group) is 1. The maximum absolute atomic E-state index is 9.43. The molecule has 0 aromatic carbocycles. The second-order valence-corrected chi connectivity index (χ2v) is 5.82. The number of hydrogen-bond acceptors (Lipinski definition) is 3. The third-order valence-corrected chi connectivity index (χ3v) is 4.10. The Labute approximate surface area is 125 Å². The average molecular weight is 283 g/mol. The van der Waals surface area contributed by atoms with E-state index in [9.17, 15) is 5.26 Å². The van der Waals surface area contributed by atoms with Crippen LogP contribution in [0, 0.1) is 11.3 Å². The number of aromatic nitrogens is 1. The maximum atomic E-state index is 9.43. The van der Waals surface area contributed by atoms with E-state index in [0.29, 0.717) is 6.10 Å². The van der Waals surface area contributed by atoms with Gasteiger partial charge in [-0.25, -0.2) is 0 Å². The molecule has 21 heavy (non-hydrogen) atoms. The molecule has 1 fully saturated rings. The van der Waals surface area contributed by atoms with Gasteiger partial charge in [0, 0.05) is 37.7 Å². The van der Waals surface area contributed by atoms with Crippen molar-refractivity contribution in [3.63, 3.8) is 0 Å². The number of hydrogen-bond donors (Lipinski definition) is 0. The van der Waals surface area contributed by atoms with Crippen LogP contribution in [-0.4, -0.2) is 35.6 Å². The van der Waals surface area contributed by atoms with Gasteiger partial charge in [0.1, 0.15) is 6.07 Å². The summed E-state index contributed by atoms with van der Waals surface area (Å²) in [6.07, 6.45) is 7.98. The van der Waals surface area contributed by atoms with Crippen LogP contribution in [-0.2, 0) is 11.3 Å². The van der Waals surface area contributed by atoms with E-state index in [2.05, 4.69) is 24.2 Å². The summed E-state index contributed by atoms with van der Waals surface area (Å²) in [6, 6.07) is 8.30. The Kier molecular flexibility index (Phi) is 4.23. The highest BCUT2D eigenvalue weighted by molar-refractivity contribution is 5.65. The minimum Gasteiger partial charge on any atom is -0.377 e. The molecule has 0 N–H and O–H groups in total. The minimum absolute atomic E-state index is 0.339. The Morgan fingerprint density at radius 1 is 1.43 bits per heavy atom. The number of fused-ring (bicyclic) bond motifs is 1. The van der Waals surface area contributed by atoms with Gasteiger partial charge in [-0.05, 0) is 38.4 Å². The smallest absolute Gasteiger partial charge is 0.102 e. The van der Waals surface area contributed by atoms with Crippen LogP contribution in [0.2, 0.25) is 0 Å². The van der Waals surface area contributed by atoms with Crippen molar-refractivity contribution in [3.8, 4) is 6.07 Å². The summed E-state index contributed by atoms with van der Waals surface area (Å²) >= 11 is 0. The van der Waals surface area contributed by atoms with Gasteiger partial charge in [0.15, 0.2) is 0 Å². The molecule has 0 unspecified atom stereocenters. The van der Waals surface area contributed by atoms with Gasteiger partial charge < -0.3 is 9.14 Å². The van der Waals surface area contributed by atoms with Crippen molar-refractivity contribution < 1.29 is 4.74 Å². The third-order valence-electron chi connectivity index (χ3n) is 4.10. The molecule has 0 bridgehead atoms. The zero-order valence-corrected chi connectivity index (χ0v) is 12.5. The number of ether oxygens (including phenoxy) is 1. The van der Waals surface area contributed by atoms with Gasteiger partial charge in [-0.15, -0.1) is 0 Å². The van der Waals surface area contributed by atoms with E-state index < -0.39 is 0 Å². The van der Waals surface area contributed by atoms with Gasteiger partial charge in [0.2, 0.25) is 0 Å². The summed E-state index contributed by atoms with van der Waals surface area (Å²) in [4.78, 5) is 2.26. The number of nitriles is 1. The molecule has 1 saturated heterocycles. The second-order valence-electron chi connectivity index (χ2n) is 5.82. The van der Waals surface area contributed by atoms with Crippen molar-refractivity contribution >= 4 is 5.52 Å². The van der Waals surface area contributed by atoms with Crippen molar-refractivity contribution in [3.05, 3.63) is 41.7 Å². The predicted octanol–water partition coefficient (Wildman–Crippen LogP) is 2.81. The lowest BCUT2D eigenvalue weighted by atomic mass is 10.1. The van der Waals surface area contributed by atoms with Gasteiger partial charge >= 0.3 is 0 Å². The highest BCUT2D eigenvalue weighted by atomic mass is 16.5. The molecule has 0 amide bonds. The Morgan fingerprint density at radius 3 is 3.10 bits per heavy atom. The predicted molar refractivity (Wildman–Crippen MR) is 82.0 cm³/mol. The molecule has 4 heteroatoms. The minimum atomic E-state index is 0.339. The summed E-state index contributed by atoms with van der Waals surface area (Å²) in [5.74, 6) is 0. The first-order valence-electron chi connectivity index (χ1n) is 7.57. The first-order valence-corrected chi connectivity index (χ1v) is 7.57. The van der Waals surface area contributed by atoms with Crippen LogP contribution in [0.15, 0.2) is 30.6 Å². The molecule has 2 aromatic rings. The molecule has 4 nitrogen and oxygen atoms in total. The van der Waals surface area contributed by atoms with E-state index in [1.807, 2.05) is 28.8 Å². The molecule has 3 rings (SSSR count). The van der Waals surface area contributed by atoms with Crippen molar-refractivity contribution in [2.75, 3.05) is 20.2 Å². The van der Waals surface area contributed by atoms with Gasteiger partial charge in [0.25, 0.3) is 0 Å². The fourth-order valence-corrected chi connectivity index (χ4v) is 3.08. The van der Waals surface area contributed by atoms with Crippen molar-refractivity contribution in [1.29, 1.82) is 5.26 Å². The van der Waals surface area contributed by atoms with Crippen LogP contribution in [0.3, 0.4) is 0 Å². The lowest BCUT2D eigenvalue weighted by Crippen LogP contribution is -2.33. The number of pyridine rings is 1. The summed E-state index contributed by atoms with van der Waals surface area (Å²) in [5.41, 5.74) is 2.85. The molecule has 2 aromatic heterocycles. The molecule has 1 aliphatic heterocycles. The van der Waals surface area contributed by atoms with Gasteiger partial charge in [-0.2, -0.15) is 5.26 Å². The normalized spacial score (nSPS) is 19.0. The van der Waals surface area contributed by atoms with Crippen molar-refractivity contribution in [1.82, 2.24) is 9.30 Å². The number of nitrogens with zero attached hydrogens (tertiary/aromatic N) is 3. The molecular formula is C17H21N3O. The molecular weight excluding hydrogens is 262 g/mol. The quantitative estimate of drug-likeness (QED) is 0.866. The first-order chi connectivity index (χ1) is 10.3. The topological polar surface area (TPSA) is 40.7 Å². The van der Waals surface area contributed by atoms with Crippen LogP contribution in [0.4, 0.5) is 0 Å². The van der Waals surface area contributed by atoms with Gasteiger partial charge in [0.05, 0.1) is 17.2 Å². The highest BCUT2D eigenvalue weighted by Crippen LogP contribution is 2.20. The molecule has 110 valence electrons. The zero-order chi connectivity index (χ0) is 14.7. The van der Waals surface area contributed by atoms with E-state index >= 15 is 0 Å². The van der Waals surface area contributed by atoms with Gasteiger partial charge in [-0.1, -0.05) is 6.07 Å². The van der Waals surface area contributed by atoms with Crippen LogP contribution >= 0.6 is 0 Å². The number of rotatable bonds is 4. The fourth-order valence-electron chi connectivity index (χ4n) is 3.08. The fraction of sp³-hybridized carbons (Fsp3) is 0.471. The SMILES string of the molecule is CN(Cc1cn2ccccc2c1C#N)C[C@@H]1CCCCO1. The van der Waals surface area contributed by atoms with Crippen LogP contribution < -0.4 is 0 Å². The molecule has 0 radical (unpaired) electrons. The molecule has 1 aliphatic rings. The Morgan fingerprint density at radius 2 is 2.33 bits per heavy atom. The Bertz CT molecular complexity index is 650. The monoisotopic (exact) mass is 283 g/mol. The average Bonchev–Trinajstić information content (AvgIpc) is 2.85. The molecule has 1 atom stereocenters. The second kappa shape index (κ2) is 6.30.